The Morgan fingerprint density at radius 1 is 1.47 bits per heavy atom. The van der Waals surface area contributed by atoms with Gasteiger partial charge in [-0.3, -0.25) is 4.79 Å². The van der Waals surface area contributed by atoms with Gasteiger partial charge in [-0.15, -0.1) is 0 Å². The minimum Gasteiger partial charge on any atom is -0.320 e. The Morgan fingerprint density at radius 2 is 2.13 bits per heavy atom. The van der Waals surface area contributed by atoms with E-state index in [4.69, 9.17) is 5.73 Å². The largest absolute Gasteiger partial charge is 0.320 e. The van der Waals surface area contributed by atoms with E-state index < -0.39 is 12.2 Å². The molecule has 0 bridgehead atoms. The Hall–Kier alpha value is -1.42. The number of fused-ring (bicyclic) bond motifs is 1. The summed E-state index contributed by atoms with van der Waals surface area (Å²) in [5.74, 6) is -0.234. The zero-order valence-corrected chi connectivity index (χ0v) is 8.48. The molecule has 3 nitrogen and oxygen atoms in total. The summed E-state index contributed by atoms with van der Waals surface area (Å²) in [6.07, 6.45) is -1.11. The number of carbonyl (C=O) groups is 1. The fourth-order valence-electron chi connectivity index (χ4n) is 1.88. The van der Waals surface area contributed by atoms with Gasteiger partial charge in [-0.2, -0.15) is 0 Å². The lowest BCUT2D eigenvalue weighted by molar-refractivity contribution is -0.119. The van der Waals surface area contributed by atoms with Gasteiger partial charge in [0.1, 0.15) is 6.17 Å². The Morgan fingerprint density at radius 3 is 2.87 bits per heavy atom. The molecule has 0 aromatic heterocycles. The Balaban J connectivity index is 2.52. The van der Waals surface area contributed by atoms with Gasteiger partial charge in [0.25, 0.3) is 0 Å². The standard InChI is InChI=1S/C11H13FN2O/c1-14-10-5-3-2-4-7(10)8(12)6-9(13)11(14)15/h2-5,8-9H,6,13H2,1H3. The van der Waals surface area contributed by atoms with Crippen LogP contribution in [0.2, 0.25) is 0 Å². The number of nitrogens with zero attached hydrogens (tertiary/aromatic N) is 1. The number of hydrogen-bond acceptors (Lipinski definition) is 2. The van der Waals surface area contributed by atoms with Crippen molar-refractivity contribution < 1.29 is 9.18 Å². The van der Waals surface area contributed by atoms with Gasteiger partial charge in [0, 0.05) is 24.7 Å². The second kappa shape index (κ2) is 3.62. The molecule has 2 unspecified atom stereocenters. The zero-order valence-electron chi connectivity index (χ0n) is 8.48. The SMILES string of the molecule is CN1C(=O)C(N)CC(F)c2ccccc21. The first-order chi connectivity index (χ1) is 7.11. The molecule has 0 saturated heterocycles. The van der Waals surface area contributed by atoms with E-state index in [1.807, 2.05) is 0 Å². The Labute approximate surface area is 87.7 Å². The number of amides is 1. The first-order valence-corrected chi connectivity index (χ1v) is 4.87. The second-order valence-corrected chi connectivity index (χ2v) is 3.77. The third-order valence-electron chi connectivity index (χ3n) is 2.74. The van der Waals surface area contributed by atoms with Crippen LogP contribution in [0.1, 0.15) is 18.2 Å². The van der Waals surface area contributed by atoms with Crippen LogP contribution in [0, 0.1) is 0 Å². The predicted octanol–water partition coefficient (Wildman–Crippen LogP) is 1.39. The molecule has 2 atom stereocenters. The molecule has 15 heavy (non-hydrogen) atoms. The molecule has 0 radical (unpaired) electrons. The van der Waals surface area contributed by atoms with Crippen LogP contribution in [0.3, 0.4) is 0 Å². The number of nitrogens with two attached hydrogens (primary N) is 1. The summed E-state index contributed by atoms with van der Waals surface area (Å²) in [6.45, 7) is 0. The monoisotopic (exact) mass is 208 g/mol. The summed E-state index contributed by atoms with van der Waals surface area (Å²) in [5.41, 5.74) is 6.76. The second-order valence-electron chi connectivity index (χ2n) is 3.77. The van der Waals surface area contributed by atoms with Crippen LogP contribution in [-0.2, 0) is 4.79 Å². The molecule has 1 heterocycles. The fourth-order valence-corrected chi connectivity index (χ4v) is 1.88. The van der Waals surface area contributed by atoms with E-state index in [-0.39, 0.29) is 12.3 Å². The van der Waals surface area contributed by atoms with E-state index in [9.17, 15) is 9.18 Å². The van der Waals surface area contributed by atoms with Crippen LogP contribution in [0.5, 0.6) is 0 Å². The fraction of sp³-hybridized carbons (Fsp3) is 0.364. The highest BCUT2D eigenvalue weighted by molar-refractivity contribution is 5.98. The molecule has 1 aliphatic heterocycles. The average molecular weight is 208 g/mol. The molecule has 2 rings (SSSR count). The molecule has 1 amide bonds. The van der Waals surface area contributed by atoms with Crippen molar-refractivity contribution in [3.05, 3.63) is 29.8 Å². The summed E-state index contributed by atoms with van der Waals surface area (Å²) in [5, 5.41) is 0. The molecule has 2 N–H and O–H groups in total. The van der Waals surface area contributed by atoms with Gasteiger partial charge in [0.15, 0.2) is 0 Å². The number of rotatable bonds is 0. The van der Waals surface area contributed by atoms with E-state index in [0.717, 1.165) is 0 Å². The van der Waals surface area contributed by atoms with Crippen molar-refractivity contribution in [3.63, 3.8) is 0 Å². The van der Waals surface area contributed by atoms with Crippen molar-refractivity contribution in [1.29, 1.82) is 0 Å². The van der Waals surface area contributed by atoms with E-state index in [0.29, 0.717) is 11.3 Å². The smallest absolute Gasteiger partial charge is 0.243 e. The van der Waals surface area contributed by atoms with E-state index >= 15 is 0 Å². The molecular weight excluding hydrogens is 195 g/mol. The minimum absolute atomic E-state index is 0.0557. The van der Waals surface area contributed by atoms with E-state index in [1.165, 1.54) is 4.90 Å². The molecule has 0 fully saturated rings. The first-order valence-electron chi connectivity index (χ1n) is 4.87. The number of para-hydroxylation sites is 1. The maximum absolute atomic E-state index is 13.8. The van der Waals surface area contributed by atoms with Crippen LogP contribution in [0.15, 0.2) is 24.3 Å². The van der Waals surface area contributed by atoms with E-state index in [2.05, 4.69) is 0 Å². The number of likely N-dealkylation sites (N-methyl/N-ethyl adjacent to an activating group) is 1. The van der Waals surface area contributed by atoms with Gasteiger partial charge in [-0.25, -0.2) is 4.39 Å². The normalized spacial score (nSPS) is 26.1. The molecule has 1 aromatic rings. The summed E-state index contributed by atoms with van der Waals surface area (Å²) in [7, 11) is 1.62. The zero-order chi connectivity index (χ0) is 11.0. The topological polar surface area (TPSA) is 46.3 Å². The van der Waals surface area contributed by atoms with Gasteiger partial charge < -0.3 is 10.6 Å². The van der Waals surface area contributed by atoms with Crippen LogP contribution in [0.4, 0.5) is 10.1 Å². The van der Waals surface area contributed by atoms with Gasteiger partial charge in [0.05, 0.1) is 6.04 Å². The number of alkyl halides is 1. The van der Waals surface area contributed by atoms with Crippen molar-refractivity contribution in [2.24, 2.45) is 5.73 Å². The van der Waals surface area contributed by atoms with Crippen molar-refractivity contribution in [1.82, 2.24) is 0 Å². The van der Waals surface area contributed by atoms with Crippen molar-refractivity contribution >= 4 is 11.6 Å². The summed E-state index contributed by atoms with van der Waals surface area (Å²) in [6, 6.07) is 6.23. The van der Waals surface area contributed by atoms with Gasteiger partial charge in [-0.1, -0.05) is 18.2 Å². The quantitative estimate of drug-likeness (QED) is 0.700. The average Bonchev–Trinajstić information content (AvgIpc) is 2.33. The predicted molar refractivity (Wildman–Crippen MR) is 56.3 cm³/mol. The first kappa shape index (κ1) is 10.1. The van der Waals surface area contributed by atoms with Crippen LogP contribution in [0.25, 0.3) is 0 Å². The van der Waals surface area contributed by atoms with Crippen LogP contribution >= 0.6 is 0 Å². The summed E-state index contributed by atoms with van der Waals surface area (Å²) in [4.78, 5) is 13.1. The van der Waals surface area contributed by atoms with Crippen LogP contribution in [-0.4, -0.2) is 19.0 Å². The molecule has 0 aliphatic carbocycles. The maximum atomic E-state index is 13.8. The van der Waals surface area contributed by atoms with Gasteiger partial charge in [0.2, 0.25) is 5.91 Å². The van der Waals surface area contributed by atoms with Crippen molar-refractivity contribution in [3.8, 4) is 0 Å². The highest BCUT2D eigenvalue weighted by Crippen LogP contribution is 2.34. The Kier molecular flexibility index (Phi) is 2.44. The number of benzene rings is 1. The molecule has 80 valence electrons. The van der Waals surface area contributed by atoms with E-state index in [1.54, 1.807) is 31.3 Å². The van der Waals surface area contributed by atoms with Gasteiger partial charge >= 0.3 is 0 Å². The Bertz CT molecular complexity index is 394. The number of halogens is 1. The molecule has 1 aromatic carbocycles. The summed E-state index contributed by atoms with van der Waals surface area (Å²) < 4.78 is 13.8. The lowest BCUT2D eigenvalue weighted by Crippen LogP contribution is -2.40. The third-order valence-corrected chi connectivity index (χ3v) is 2.74. The highest BCUT2D eigenvalue weighted by atomic mass is 19.1. The molecule has 4 heteroatoms. The third kappa shape index (κ3) is 1.61. The molecule has 1 aliphatic rings. The van der Waals surface area contributed by atoms with Crippen molar-refractivity contribution in [2.75, 3.05) is 11.9 Å². The number of carbonyl (C=O) groups excluding carboxylic acids is 1. The number of anilines is 1. The molecule has 0 spiro atoms. The maximum Gasteiger partial charge on any atom is 0.243 e. The lowest BCUT2D eigenvalue weighted by atomic mass is 10.0. The lowest BCUT2D eigenvalue weighted by Gasteiger charge is -2.18. The number of hydrogen-bond donors (Lipinski definition) is 1. The van der Waals surface area contributed by atoms with Crippen LogP contribution < -0.4 is 10.6 Å². The van der Waals surface area contributed by atoms with Crippen molar-refractivity contribution in [2.45, 2.75) is 18.6 Å². The van der Waals surface area contributed by atoms with Gasteiger partial charge in [-0.05, 0) is 6.07 Å². The summed E-state index contributed by atoms with van der Waals surface area (Å²) >= 11 is 0. The molecule has 0 saturated carbocycles. The molecular formula is C11H13FN2O. The highest BCUT2D eigenvalue weighted by Gasteiger charge is 2.30. The minimum atomic E-state index is -1.16.